The first kappa shape index (κ1) is 27.7. The van der Waals surface area contributed by atoms with Crippen LogP contribution < -0.4 is 14.8 Å². The molecule has 0 bridgehead atoms. The number of hydrogen-bond acceptors (Lipinski definition) is 6. The number of pyridine rings is 1. The third-order valence-electron chi connectivity index (χ3n) is 5.28. The monoisotopic (exact) mass is 450 g/mol. The Bertz CT molecular complexity index is 624. The molecule has 0 spiro atoms. The van der Waals surface area contributed by atoms with Crippen LogP contribution in [0.15, 0.2) is 18.3 Å². The lowest BCUT2D eigenvalue weighted by Gasteiger charge is -2.09. The molecule has 0 aliphatic rings. The zero-order valence-corrected chi connectivity index (χ0v) is 20.0. The van der Waals surface area contributed by atoms with Gasteiger partial charge in [0.2, 0.25) is 0 Å². The normalized spacial score (nSPS) is 10.6. The number of ether oxygens (including phenoxy) is 3. The molecular formula is C25H42N2O5. The molecule has 1 aromatic heterocycles. The van der Waals surface area contributed by atoms with E-state index in [1.165, 1.54) is 90.4 Å². The maximum Gasteiger partial charge on any atom is 0.414 e. The number of methoxy groups -OCH3 is 1. The van der Waals surface area contributed by atoms with Crippen molar-refractivity contribution in [2.75, 3.05) is 20.3 Å². The van der Waals surface area contributed by atoms with E-state index in [1.807, 2.05) is 0 Å². The van der Waals surface area contributed by atoms with Crippen LogP contribution in [0, 0.1) is 0 Å². The summed E-state index contributed by atoms with van der Waals surface area (Å²) in [6.07, 6.45) is 18.7. The maximum absolute atomic E-state index is 11.8. The van der Waals surface area contributed by atoms with Gasteiger partial charge in [0.15, 0.2) is 5.75 Å². The van der Waals surface area contributed by atoms with E-state index in [1.54, 1.807) is 12.1 Å². The quantitative estimate of drug-likeness (QED) is 0.199. The Morgan fingerprint density at radius 2 is 1.44 bits per heavy atom. The lowest BCUT2D eigenvalue weighted by molar-refractivity contribution is -0.142. The van der Waals surface area contributed by atoms with Crippen LogP contribution >= 0.6 is 0 Å². The first-order valence-electron chi connectivity index (χ1n) is 12.3. The zero-order chi connectivity index (χ0) is 23.3. The van der Waals surface area contributed by atoms with E-state index >= 15 is 0 Å². The molecule has 1 amide bonds. The van der Waals surface area contributed by atoms with Crippen LogP contribution in [-0.2, 0) is 9.53 Å². The highest BCUT2D eigenvalue weighted by Crippen LogP contribution is 2.22. The molecule has 0 aliphatic carbocycles. The second-order valence-corrected chi connectivity index (χ2v) is 8.07. The van der Waals surface area contributed by atoms with E-state index in [0.717, 1.165) is 12.8 Å². The van der Waals surface area contributed by atoms with Crippen molar-refractivity contribution in [3.05, 3.63) is 18.3 Å². The van der Waals surface area contributed by atoms with Gasteiger partial charge in [-0.1, -0.05) is 90.4 Å². The fraction of sp³-hybridized carbons (Fsp3) is 0.720. The second kappa shape index (κ2) is 19.4. The van der Waals surface area contributed by atoms with Crippen molar-refractivity contribution in [1.82, 2.24) is 10.3 Å². The predicted octanol–water partition coefficient (Wildman–Crippen LogP) is 6.20. The predicted molar refractivity (Wildman–Crippen MR) is 126 cm³/mol. The Kier molecular flexibility index (Phi) is 16.8. The Hall–Kier alpha value is -2.31. The summed E-state index contributed by atoms with van der Waals surface area (Å²) >= 11 is 0. The average molecular weight is 451 g/mol. The van der Waals surface area contributed by atoms with Crippen molar-refractivity contribution in [2.45, 2.75) is 96.8 Å². The number of rotatable bonds is 19. The third-order valence-corrected chi connectivity index (χ3v) is 5.28. The van der Waals surface area contributed by atoms with Gasteiger partial charge in [-0.3, -0.25) is 4.79 Å². The number of nitrogens with zero attached hydrogens (tertiary/aromatic N) is 1. The molecular weight excluding hydrogens is 408 g/mol. The minimum absolute atomic E-state index is 0.0447. The summed E-state index contributed by atoms with van der Waals surface area (Å²) in [5.41, 5.74) is 0. The molecule has 0 fully saturated rings. The van der Waals surface area contributed by atoms with E-state index in [0.29, 0.717) is 12.4 Å². The van der Waals surface area contributed by atoms with Gasteiger partial charge in [-0.2, -0.15) is 0 Å². The van der Waals surface area contributed by atoms with Gasteiger partial charge in [-0.05, 0) is 18.6 Å². The maximum atomic E-state index is 11.8. The fourth-order valence-electron chi connectivity index (χ4n) is 3.41. The fourth-order valence-corrected chi connectivity index (χ4v) is 3.41. The molecule has 32 heavy (non-hydrogen) atoms. The van der Waals surface area contributed by atoms with E-state index < -0.39 is 12.1 Å². The van der Waals surface area contributed by atoms with Gasteiger partial charge >= 0.3 is 12.1 Å². The van der Waals surface area contributed by atoms with Crippen molar-refractivity contribution in [3.63, 3.8) is 0 Å². The van der Waals surface area contributed by atoms with Gasteiger partial charge in [0, 0.05) is 6.20 Å². The van der Waals surface area contributed by atoms with Crippen molar-refractivity contribution >= 4 is 12.1 Å². The minimum atomic E-state index is -0.782. The molecule has 0 aromatic carbocycles. The molecule has 1 N–H and O–H groups in total. The van der Waals surface area contributed by atoms with Crippen LogP contribution in [0.2, 0.25) is 0 Å². The molecule has 182 valence electrons. The van der Waals surface area contributed by atoms with E-state index in [2.05, 4.69) is 17.2 Å². The summed E-state index contributed by atoms with van der Waals surface area (Å²) in [4.78, 5) is 27.4. The molecule has 0 radical (unpaired) electrons. The van der Waals surface area contributed by atoms with Gasteiger partial charge in [-0.25, -0.2) is 9.78 Å². The number of nitrogens with one attached hydrogen (secondary N) is 1. The standard InChI is InChI=1S/C25H42N2O5/c1-3-4-5-6-7-8-9-10-11-12-13-14-15-16-20-31-23(28)21-27-25(29)32-24-22(30-2)18-17-19-26-24/h17-19H,3-16,20-21H2,1-2H3,(H,27,29). The highest BCUT2D eigenvalue weighted by Gasteiger charge is 2.12. The number of unbranched alkanes of at least 4 members (excludes halogenated alkanes) is 13. The summed E-state index contributed by atoms with van der Waals surface area (Å²) in [7, 11) is 1.45. The molecule has 1 heterocycles. The second-order valence-electron chi connectivity index (χ2n) is 8.07. The number of esters is 1. The van der Waals surface area contributed by atoms with E-state index in [9.17, 15) is 9.59 Å². The summed E-state index contributed by atoms with van der Waals surface area (Å²) in [5.74, 6) is -0.101. The van der Waals surface area contributed by atoms with Gasteiger partial charge < -0.3 is 19.5 Å². The number of hydrogen-bond donors (Lipinski definition) is 1. The molecule has 0 saturated heterocycles. The molecule has 0 unspecified atom stereocenters. The van der Waals surface area contributed by atoms with E-state index in [-0.39, 0.29) is 12.4 Å². The lowest BCUT2D eigenvalue weighted by Crippen LogP contribution is -2.33. The molecule has 0 saturated carbocycles. The number of carbonyl (C=O) groups excluding carboxylic acids is 2. The SMILES string of the molecule is CCCCCCCCCCCCCCCCOC(=O)CNC(=O)Oc1ncccc1OC. The van der Waals surface area contributed by atoms with Crippen molar-refractivity contribution in [3.8, 4) is 11.6 Å². The van der Waals surface area contributed by atoms with Crippen LogP contribution in [0.1, 0.15) is 96.8 Å². The Morgan fingerprint density at radius 1 is 0.875 bits per heavy atom. The Labute approximate surface area is 193 Å². The van der Waals surface area contributed by atoms with Crippen LogP contribution in [0.4, 0.5) is 4.79 Å². The summed E-state index contributed by atoms with van der Waals surface area (Å²) in [6, 6.07) is 3.29. The summed E-state index contributed by atoms with van der Waals surface area (Å²) < 4.78 is 15.2. The third kappa shape index (κ3) is 14.7. The van der Waals surface area contributed by atoms with E-state index in [4.69, 9.17) is 14.2 Å². The number of amides is 1. The van der Waals surface area contributed by atoms with Crippen LogP contribution in [-0.4, -0.2) is 37.3 Å². The molecule has 7 nitrogen and oxygen atoms in total. The number of carbonyl (C=O) groups is 2. The average Bonchev–Trinajstić information content (AvgIpc) is 2.80. The first-order valence-corrected chi connectivity index (χ1v) is 12.3. The first-order chi connectivity index (χ1) is 15.7. The summed E-state index contributed by atoms with van der Waals surface area (Å²) in [6.45, 7) is 2.39. The zero-order valence-electron chi connectivity index (χ0n) is 20.0. The molecule has 1 rings (SSSR count). The van der Waals surface area contributed by atoms with Gasteiger partial charge in [-0.15, -0.1) is 0 Å². The summed E-state index contributed by atoms with van der Waals surface area (Å²) in [5, 5.41) is 2.35. The van der Waals surface area contributed by atoms with Crippen LogP contribution in [0.3, 0.4) is 0 Å². The van der Waals surface area contributed by atoms with Crippen molar-refractivity contribution in [1.29, 1.82) is 0 Å². The minimum Gasteiger partial charge on any atom is -0.491 e. The molecule has 0 atom stereocenters. The Morgan fingerprint density at radius 3 is 2.00 bits per heavy atom. The van der Waals surface area contributed by atoms with Gasteiger partial charge in [0.05, 0.1) is 13.7 Å². The van der Waals surface area contributed by atoms with Gasteiger partial charge in [0.25, 0.3) is 5.88 Å². The number of aromatic nitrogens is 1. The highest BCUT2D eigenvalue weighted by atomic mass is 16.6. The van der Waals surface area contributed by atoms with Crippen molar-refractivity contribution < 1.29 is 23.8 Å². The molecule has 1 aromatic rings. The molecule has 7 heteroatoms. The van der Waals surface area contributed by atoms with Crippen LogP contribution in [0.5, 0.6) is 11.6 Å². The largest absolute Gasteiger partial charge is 0.491 e. The molecule has 0 aliphatic heterocycles. The topological polar surface area (TPSA) is 86.8 Å². The smallest absolute Gasteiger partial charge is 0.414 e. The van der Waals surface area contributed by atoms with Crippen molar-refractivity contribution in [2.24, 2.45) is 0 Å². The van der Waals surface area contributed by atoms with Gasteiger partial charge in [0.1, 0.15) is 6.54 Å². The van der Waals surface area contributed by atoms with Crippen LogP contribution in [0.25, 0.3) is 0 Å². The Balaban J connectivity index is 1.90. The highest BCUT2D eigenvalue weighted by molar-refractivity contribution is 5.78. The lowest BCUT2D eigenvalue weighted by atomic mass is 10.0.